The highest BCUT2D eigenvalue weighted by Crippen LogP contribution is 2.14. The van der Waals surface area contributed by atoms with Crippen molar-refractivity contribution in [1.82, 2.24) is 25.0 Å². The van der Waals surface area contributed by atoms with E-state index in [1.165, 1.54) is 5.01 Å². The number of hydrogen-bond donors (Lipinski definition) is 1. The SMILES string of the molecule is CN=C(NCCCc1nc(C)cs1)N1CCN(C(C)C(=O)N2CCCC2)CC1.I. The van der Waals surface area contributed by atoms with E-state index in [2.05, 4.69) is 37.4 Å². The van der Waals surface area contributed by atoms with E-state index < -0.39 is 0 Å². The van der Waals surface area contributed by atoms with E-state index in [0.717, 1.165) is 83.2 Å². The Morgan fingerprint density at radius 1 is 1.21 bits per heavy atom. The molecule has 1 N–H and O–H groups in total. The number of piperazine rings is 1. The molecule has 0 spiro atoms. The first kappa shape index (κ1) is 24.3. The maximum atomic E-state index is 12.6. The van der Waals surface area contributed by atoms with E-state index in [4.69, 9.17) is 0 Å². The number of likely N-dealkylation sites (tertiary alicyclic amines) is 1. The number of thiazole rings is 1. The van der Waals surface area contributed by atoms with Crippen molar-refractivity contribution in [1.29, 1.82) is 0 Å². The number of aromatic nitrogens is 1. The highest BCUT2D eigenvalue weighted by Gasteiger charge is 2.30. The number of nitrogens with zero attached hydrogens (tertiary/aromatic N) is 5. The van der Waals surface area contributed by atoms with Crippen molar-refractivity contribution in [3.8, 4) is 0 Å². The first-order chi connectivity index (χ1) is 13.6. The quantitative estimate of drug-likeness (QED) is 0.263. The minimum absolute atomic E-state index is 0. The van der Waals surface area contributed by atoms with Crippen LogP contribution in [0.15, 0.2) is 10.4 Å². The van der Waals surface area contributed by atoms with Gasteiger partial charge in [0.1, 0.15) is 0 Å². The summed E-state index contributed by atoms with van der Waals surface area (Å²) in [6.45, 7) is 10.5. The highest BCUT2D eigenvalue weighted by molar-refractivity contribution is 14.0. The van der Waals surface area contributed by atoms with Crippen LogP contribution in [0.25, 0.3) is 0 Å². The second-order valence-corrected chi connectivity index (χ2v) is 8.63. The number of aliphatic imine (C=N–C) groups is 1. The van der Waals surface area contributed by atoms with Gasteiger partial charge in [0.15, 0.2) is 5.96 Å². The Hall–Kier alpha value is -0.940. The fourth-order valence-electron chi connectivity index (χ4n) is 3.97. The number of amides is 1. The molecule has 0 radical (unpaired) electrons. The van der Waals surface area contributed by atoms with Crippen LogP contribution < -0.4 is 5.32 Å². The first-order valence-electron chi connectivity index (χ1n) is 10.5. The molecule has 2 aliphatic heterocycles. The summed E-state index contributed by atoms with van der Waals surface area (Å²) in [6, 6.07) is -0.0167. The fraction of sp³-hybridized carbons (Fsp3) is 0.750. The van der Waals surface area contributed by atoms with Crippen molar-refractivity contribution < 1.29 is 4.79 Å². The predicted octanol–water partition coefficient (Wildman–Crippen LogP) is 2.21. The summed E-state index contributed by atoms with van der Waals surface area (Å²) in [6.07, 6.45) is 4.35. The first-order valence-corrected chi connectivity index (χ1v) is 11.4. The van der Waals surface area contributed by atoms with E-state index in [1.54, 1.807) is 11.3 Å². The van der Waals surface area contributed by atoms with Gasteiger partial charge in [-0.15, -0.1) is 35.3 Å². The van der Waals surface area contributed by atoms with E-state index in [-0.39, 0.29) is 30.0 Å². The summed E-state index contributed by atoms with van der Waals surface area (Å²) in [5.41, 5.74) is 1.11. The summed E-state index contributed by atoms with van der Waals surface area (Å²) in [5, 5.41) is 6.80. The van der Waals surface area contributed by atoms with Gasteiger partial charge in [0, 0.05) is 70.4 Å². The van der Waals surface area contributed by atoms with Crippen molar-refractivity contribution in [2.45, 2.75) is 45.6 Å². The van der Waals surface area contributed by atoms with Crippen LogP contribution in [0.5, 0.6) is 0 Å². The molecule has 29 heavy (non-hydrogen) atoms. The van der Waals surface area contributed by atoms with Crippen molar-refractivity contribution in [3.05, 3.63) is 16.1 Å². The molecule has 1 atom stereocenters. The van der Waals surface area contributed by atoms with Gasteiger partial charge in [0.25, 0.3) is 0 Å². The molecule has 2 fully saturated rings. The summed E-state index contributed by atoms with van der Waals surface area (Å²) >= 11 is 1.74. The van der Waals surface area contributed by atoms with Gasteiger partial charge in [-0.05, 0) is 33.1 Å². The molecule has 1 aromatic heterocycles. The number of guanidine groups is 1. The zero-order chi connectivity index (χ0) is 19.9. The molecule has 0 aromatic carbocycles. The smallest absolute Gasteiger partial charge is 0.239 e. The molecule has 0 saturated carbocycles. The molecule has 2 saturated heterocycles. The van der Waals surface area contributed by atoms with Gasteiger partial charge < -0.3 is 15.1 Å². The topological polar surface area (TPSA) is 64.1 Å². The number of rotatable bonds is 6. The second kappa shape index (κ2) is 12.0. The number of nitrogens with one attached hydrogen (secondary N) is 1. The zero-order valence-electron chi connectivity index (χ0n) is 17.9. The Labute approximate surface area is 196 Å². The maximum absolute atomic E-state index is 12.6. The molecule has 164 valence electrons. The Balaban J connectivity index is 0.00000300. The van der Waals surface area contributed by atoms with Crippen LogP contribution >= 0.6 is 35.3 Å². The molecule has 3 rings (SSSR count). The van der Waals surface area contributed by atoms with Gasteiger partial charge in [-0.2, -0.15) is 0 Å². The molecule has 7 nitrogen and oxygen atoms in total. The van der Waals surface area contributed by atoms with Gasteiger partial charge in [-0.3, -0.25) is 14.7 Å². The lowest BCUT2D eigenvalue weighted by Gasteiger charge is -2.39. The van der Waals surface area contributed by atoms with Gasteiger partial charge in [-0.25, -0.2) is 4.98 Å². The maximum Gasteiger partial charge on any atom is 0.239 e. The van der Waals surface area contributed by atoms with E-state index in [9.17, 15) is 4.79 Å². The molecular formula is C20H35IN6OS. The minimum Gasteiger partial charge on any atom is -0.356 e. The summed E-state index contributed by atoms with van der Waals surface area (Å²) in [5.74, 6) is 1.26. The third-order valence-electron chi connectivity index (χ3n) is 5.67. The lowest BCUT2D eigenvalue weighted by molar-refractivity contribution is -0.135. The molecule has 1 amide bonds. The Kier molecular flexibility index (Phi) is 10.1. The average molecular weight is 535 g/mol. The molecule has 0 aliphatic carbocycles. The van der Waals surface area contributed by atoms with E-state index in [1.807, 2.05) is 18.9 Å². The van der Waals surface area contributed by atoms with Crippen molar-refractivity contribution in [2.24, 2.45) is 4.99 Å². The van der Waals surface area contributed by atoms with Crippen LogP contribution in [0, 0.1) is 6.92 Å². The summed E-state index contributed by atoms with van der Waals surface area (Å²) < 4.78 is 0. The van der Waals surface area contributed by atoms with Crippen LogP contribution in [-0.2, 0) is 11.2 Å². The third-order valence-corrected chi connectivity index (χ3v) is 6.69. The van der Waals surface area contributed by atoms with Crippen LogP contribution in [0.1, 0.15) is 36.9 Å². The van der Waals surface area contributed by atoms with Crippen LogP contribution in [-0.4, -0.2) is 90.5 Å². The Bertz CT molecular complexity index is 668. The van der Waals surface area contributed by atoms with Gasteiger partial charge >= 0.3 is 0 Å². The van der Waals surface area contributed by atoms with E-state index in [0.29, 0.717) is 5.91 Å². The normalized spacial score (nSPS) is 19.2. The number of carbonyl (C=O) groups excluding carboxylic acids is 1. The zero-order valence-corrected chi connectivity index (χ0v) is 21.0. The third kappa shape index (κ3) is 6.78. The standard InChI is InChI=1S/C20H34N6OS.HI/c1-16-15-28-18(23-16)7-6-8-22-20(21-3)26-13-11-24(12-14-26)17(2)19(27)25-9-4-5-10-25;/h15,17H,4-14H2,1-3H3,(H,21,22);1H. The minimum atomic E-state index is -0.0167. The van der Waals surface area contributed by atoms with Gasteiger partial charge in [-0.1, -0.05) is 0 Å². The van der Waals surface area contributed by atoms with Crippen molar-refractivity contribution >= 4 is 47.2 Å². The summed E-state index contributed by atoms with van der Waals surface area (Å²) in [7, 11) is 1.85. The highest BCUT2D eigenvalue weighted by atomic mass is 127. The Morgan fingerprint density at radius 3 is 2.48 bits per heavy atom. The van der Waals surface area contributed by atoms with Gasteiger partial charge in [0.05, 0.1) is 11.0 Å². The van der Waals surface area contributed by atoms with E-state index >= 15 is 0 Å². The monoisotopic (exact) mass is 534 g/mol. The average Bonchev–Trinajstić information content (AvgIpc) is 3.39. The number of halogens is 1. The van der Waals surface area contributed by atoms with Crippen LogP contribution in [0.3, 0.4) is 0 Å². The largest absolute Gasteiger partial charge is 0.356 e. The fourth-order valence-corrected chi connectivity index (χ4v) is 4.79. The van der Waals surface area contributed by atoms with Crippen molar-refractivity contribution in [2.75, 3.05) is 52.9 Å². The number of aryl methyl sites for hydroxylation is 2. The molecule has 0 bridgehead atoms. The molecule has 1 unspecified atom stereocenters. The predicted molar refractivity (Wildman–Crippen MR) is 130 cm³/mol. The van der Waals surface area contributed by atoms with Gasteiger partial charge in [0.2, 0.25) is 5.91 Å². The molecule has 1 aromatic rings. The number of hydrogen-bond acceptors (Lipinski definition) is 5. The van der Waals surface area contributed by atoms with Crippen LogP contribution in [0.4, 0.5) is 0 Å². The Morgan fingerprint density at radius 2 is 1.90 bits per heavy atom. The second-order valence-electron chi connectivity index (χ2n) is 7.69. The molecule has 2 aliphatic rings. The number of carbonyl (C=O) groups is 1. The molecule has 9 heteroatoms. The lowest BCUT2D eigenvalue weighted by atomic mass is 10.2. The summed E-state index contributed by atoms with van der Waals surface area (Å²) in [4.78, 5) is 28.3. The molecular weight excluding hydrogens is 499 g/mol. The van der Waals surface area contributed by atoms with Crippen molar-refractivity contribution in [3.63, 3.8) is 0 Å². The molecule has 3 heterocycles. The lowest BCUT2D eigenvalue weighted by Crippen LogP contribution is -2.57. The van der Waals surface area contributed by atoms with Crippen LogP contribution in [0.2, 0.25) is 0 Å².